The molecule has 1 heterocycles. The second-order valence-electron chi connectivity index (χ2n) is 10.6. The summed E-state index contributed by atoms with van der Waals surface area (Å²) in [6, 6.07) is 7.38. The van der Waals surface area contributed by atoms with Gasteiger partial charge in [-0.25, -0.2) is 0 Å². The molecule has 0 bridgehead atoms. The van der Waals surface area contributed by atoms with Crippen molar-refractivity contribution in [1.82, 2.24) is 4.90 Å². The molecule has 2 unspecified atom stereocenters. The van der Waals surface area contributed by atoms with E-state index in [4.69, 9.17) is 0 Å². The largest absolute Gasteiger partial charge is 0.508 e. The third kappa shape index (κ3) is 2.72. The SMILES string of the molecule is CN1C(=O)C=C[C@@]2(C)C1C(=Cc1ccc(O)cc1)C[C@@H]1[C@H]2CC[C@]2(C)C(O)CC[C@@H]12. The molecule has 4 heteroatoms. The van der Waals surface area contributed by atoms with E-state index in [0.29, 0.717) is 17.8 Å². The number of hydrogen-bond donors (Lipinski definition) is 2. The summed E-state index contributed by atoms with van der Waals surface area (Å²) in [7, 11) is 1.94. The fraction of sp³-hybridized carbons (Fsp3) is 0.577. The lowest BCUT2D eigenvalue weighted by molar-refractivity contribution is -0.135. The number of carbonyl (C=O) groups is 1. The number of aliphatic hydroxyl groups is 1. The lowest BCUT2D eigenvalue weighted by Gasteiger charge is -2.60. The molecule has 0 spiro atoms. The molecule has 160 valence electrons. The number of likely N-dealkylation sites (N-methyl/N-ethyl adjacent to an activating group) is 1. The topological polar surface area (TPSA) is 60.8 Å². The second-order valence-corrected chi connectivity index (χ2v) is 10.6. The molecule has 5 rings (SSSR count). The van der Waals surface area contributed by atoms with Crippen LogP contribution in [0.15, 0.2) is 42.0 Å². The quantitative estimate of drug-likeness (QED) is 0.726. The Bertz CT molecular complexity index is 919. The van der Waals surface area contributed by atoms with Crippen LogP contribution < -0.4 is 0 Å². The lowest BCUT2D eigenvalue weighted by atomic mass is 9.47. The standard InChI is InChI=1S/C26H33NO3/c1-25-12-10-21-19(20(25)8-9-22(25)29)15-17(14-16-4-6-18(28)7-5-16)24-26(21,2)13-11-23(30)27(24)3/h4-7,11,13-14,19-22,24,28-29H,8-10,12,15H2,1-3H3/t19-,20-,21+,22?,24?,25-,26+/m0/s1. The molecule has 3 fully saturated rings. The Balaban J connectivity index is 1.61. The Morgan fingerprint density at radius 3 is 2.57 bits per heavy atom. The van der Waals surface area contributed by atoms with E-state index in [-0.39, 0.29) is 34.6 Å². The molecule has 30 heavy (non-hydrogen) atoms. The maximum atomic E-state index is 12.6. The predicted molar refractivity (Wildman–Crippen MR) is 118 cm³/mol. The van der Waals surface area contributed by atoms with Gasteiger partial charge in [-0.2, -0.15) is 0 Å². The molecule has 4 aliphatic rings. The van der Waals surface area contributed by atoms with Crippen molar-refractivity contribution in [3.63, 3.8) is 0 Å². The first kappa shape index (κ1) is 19.9. The van der Waals surface area contributed by atoms with Gasteiger partial charge in [0.15, 0.2) is 0 Å². The zero-order valence-electron chi connectivity index (χ0n) is 18.2. The minimum atomic E-state index is -0.190. The molecule has 0 radical (unpaired) electrons. The van der Waals surface area contributed by atoms with Gasteiger partial charge in [-0.15, -0.1) is 0 Å². The molecule has 7 atom stereocenters. The number of rotatable bonds is 1. The Morgan fingerprint density at radius 1 is 1.10 bits per heavy atom. The third-order valence-electron chi connectivity index (χ3n) is 9.16. The molecule has 1 aromatic carbocycles. The van der Waals surface area contributed by atoms with Crippen LogP contribution in [0.2, 0.25) is 0 Å². The number of hydrogen-bond acceptors (Lipinski definition) is 3. The first-order chi connectivity index (χ1) is 14.2. The summed E-state index contributed by atoms with van der Waals surface area (Å²) in [4.78, 5) is 14.5. The number of benzene rings is 1. The summed E-state index contributed by atoms with van der Waals surface area (Å²) in [6.45, 7) is 4.64. The van der Waals surface area contributed by atoms with Gasteiger partial charge in [0.05, 0.1) is 12.1 Å². The molecule has 0 saturated heterocycles. The highest BCUT2D eigenvalue weighted by Crippen LogP contribution is 2.64. The molecule has 1 amide bonds. The normalized spacial score (nSPS) is 44.0. The monoisotopic (exact) mass is 407 g/mol. The van der Waals surface area contributed by atoms with Gasteiger partial charge >= 0.3 is 0 Å². The van der Waals surface area contributed by atoms with E-state index in [1.54, 1.807) is 18.2 Å². The van der Waals surface area contributed by atoms with E-state index in [0.717, 1.165) is 37.7 Å². The average Bonchev–Trinajstić information content (AvgIpc) is 3.02. The minimum absolute atomic E-state index is 0.0219. The van der Waals surface area contributed by atoms with E-state index in [9.17, 15) is 15.0 Å². The summed E-state index contributed by atoms with van der Waals surface area (Å²) >= 11 is 0. The molecular weight excluding hydrogens is 374 g/mol. The lowest BCUT2D eigenvalue weighted by Crippen LogP contribution is -2.60. The van der Waals surface area contributed by atoms with Crippen LogP contribution in [-0.2, 0) is 4.79 Å². The summed E-state index contributed by atoms with van der Waals surface area (Å²) in [6.07, 6.45) is 11.2. The van der Waals surface area contributed by atoms with E-state index in [1.807, 2.05) is 24.1 Å². The number of fused-ring (bicyclic) bond motifs is 5. The molecule has 1 aromatic rings. The van der Waals surface area contributed by atoms with Crippen molar-refractivity contribution in [3.8, 4) is 5.75 Å². The fourth-order valence-electron chi connectivity index (χ4n) is 7.60. The maximum Gasteiger partial charge on any atom is 0.246 e. The first-order valence-corrected chi connectivity index (χ1v) is 11.4. The summed E-state index contributed by atoms with van der Waals surface area (Å²) in [5.74, 6) is 1.92. The van der Waals surface area contributed by atoms with Crippen molar-refractivity contribution >= 4 is 12.0 Å². The molecule has 1 aliphatic heterocycles. The molecule has 4 nitrogen and oxygen atoms in total. The predicted octanol–water partition coefficient (Wildman–Crippen LogP) is 4.39. The highest BCUT2D eigenvalue weighted by molar-refractivity contribution is 5.89. The maximum absolute atomic E-state index is 12.6. The Labute approximate surface area is 179 Å². The van der Waals surface area contributed by atoms with Crippen LogP contribution in [0.5, 0.6) is 5.75 Å². The van der Waals surface area contributed by atoms with Gasteiger partial charge in [-0.05, 0) is 84.6 Å². The van der Waals surface area contributed by atoms with Crippen LogP contribution in [0.1, 0.15) is 51.5 Å². The van der Waals surface area contributed by atoms with Crippen LogP contribution >= 0.6 is 0 Å². The van der Waals surface area contributed by atoms with Crippen molar-refractivity contribution < 1.29 is 15.0 Å². The van der Waals surface area contributed by atoms with Crippen LogP contribution in [0.4, 0.5) is 0 Å². The van der Waals surface area contributed by atoms with Crippen LogP contribution in [0.25, 0.3) is 6.08 Å². The highest BCUT2D eigenvalue weighted by Gasteiger charge is 2.61. The third-order valence-corrected chi connectivity index (χ3v) is 9.16. The van der Waals surface area contributed by atoms with Crippen molar-refractivity contribution in [2.45, 2.75) is 58.1 Å². The van der Waals surface area contributed by atoms with E-state index < -0.39 is 0 Å². The summed E-state index contributed by atoms with van der Waals surface area (Å²) in [5.41, 5.74) is 2.29. The number of aliphatic hydroxyl groups excluding tert-OH is 1. The number of phenols is 1. The molecule has 2 N–H and O–H groups in total. The summed E-state index contributed by atoms with van der Waals surface area (Å²) in [5, 5.41) is 20.4. The molecular formula is C26H33NO3. The van der Waals surface area contributed by atoms with Gasteiger partial charge in [0, 0.05) is 12.5 Å². The second kappa shape index (κ2) is 6.71. The Morgan fingerprint density at radius 2 is 1.83 bits per heavy atom. The average molecular weight is 408 g/mol. The zero-order chi connectivity index (χ0) is 21.3. The Kier molecular flexibility index (Phi) is 4.45. The van der Waals surface area contributed by atoms with Crippen molar-refractivity contribution in [1.29, 1.82) is 0 Å². The molecule has 3 aliphatic carbocycles. The van der Waals surface area contributed by atoms with E-state index in [1.165, 1.54) is 5.57 Å². The highest BCUT2D eigenvalue weighted by atomic mass is 16.3. The number of carbonyl (C=O) groups excluding carboxylic acids is 1. The number of nitrogens with zero attached hydrogens (tertiary/aromatic N) is 1. The van der Waals surface area contributed by atoms with E-state index in [2.05, 4.69) is 26.0 Å². The first-order valence-electron chi connectivity index (χ1n) is 11.4. The van der Waals surface area contributed by atoms with Crippen molar-refractivity contribution in [2.24, 2.45) is 28.6 Å². The zero-order valence-corrected chi connectivity index (χ0v) is 18.2. The fourth-order valence-corrected chi connectivity index (χ4v) is 7.60. The van der Waals surface area contributed by atoms with Crippen LogP contribution in [-0.4, -0.2) is 40.2 Å². The Hall–Kier alpha value is -2.07. The van der Waals surface area contributed by atoms with Gasteiger partial charge in [0.1, 0.15) is 5.75 Å². The molecule has 0 aromatic heterocycles. The van der Waals surface area contributed by atoms with Crippen molar-refractivity contribution in [2.75, 3.05) is 7.05 Å². The smallest absolute Gasteiger partial charge is 0.246 e. The van der Waals surface area contributed by atoms with Gasteiger partial charge in [0.25, 0.3) is 0 Å². The van der Waals surface area contributed by atoms with Crippen LogP contribution in [0.3, 0.4) is 0 Å². The number of phenolic OH excluding ortho intramolecular Hbond substituents is 1. The minimum Gasteiger partial charge on any atom is -0.508 e. The summed E-state index contributed by atoms with van der Waals surface area (Å²) < 4.78 is 0. The number of aromatic hydroxyl groups is 1. The van der Waals surface area contributed by atoms with Gasteiger partial charge < -0.3 is 15.1 Å². The van der Waals surface area contributed by atoms with Gasteiger partial charge in [0.2, 0.25) is 5.91 Å². The van der Waals surface area contributed by atoms with Gasteiger partial charge in [-0.1, -0.05) is 38.1 Å². The van der Waals surface area contributed by atoms with Crippen molar-refractivity contribution in [3.05, 3.63) is 47.6 Å². The van der Waals surface area contributed by atoms with Crippen LogP contribution in [0, 0.1) is 28.6 Å². The van der Waals surface area contributed by atoms with E-state index >= 15 is 0 Å². The van der Waals surface area contributed by atoms with Gasteiger partial charge in [-0.3, -0.25) is 4.79 Å². The molecule has 3 saturated carbocycles. The number of amides is 1.